The van der Waals surface area contributed by atoms with Gasteiger partial charge in [0.1, 0.15) is 18.2 Å². The minimum Gasteiger partial charge on any atom is -0.299 e. The highest BCUT2D eigenvalue weighted by Crippen LogP contribution is 2.37. The predicted octanol–water partition coefficient (Wildman–Crippen LogP) is 1.34. The highest BCUT2D eigenvalue weighted by atomic mass is 15.3. The highest BCUT2D eigenvalue weighted by Gasteiger charge is 2.42. The molecule has 1 aromatic heterocycles. The van der Waals surface area contributed by atoms with Crippen molar-refractivity contribution in [3.05, 3.63) is 12.7 Å². The summed E-state index contributed by atoms with van der Waals surface area (Å²) < 4.78 is 1.84. The Morgan fingerprint density at radius 2 is 2.53 bits per heavy atom. The second-order valence-corrected chi connectivity index (χ2v) is 4.65. The number of nitriles is 1. The van der Waals surface area contributed by atoms with Gasteiger partial charge in [0.05, 0.1) is 6.07 Å². The first-order chi connectivity index (χ1) is 8.30. The van der Waals surface area contributed by atoms with E-state index in [-0.39, 0.29) is 5.54 Å². The minimum atomic E-state index is -0.310. The van der Waals surface area contributed by atoms with Crippen LogP contribution < -0.4 is 5.32 Å². The lowest BCUT2D eigenvalue weighted by Gasteiger charge is -2.29. The number of aryl methyl sites for hydroxylation is 1. The van der Waals surface area contributed by atoms with Crippen LogP contribution >= 0.6 is 0 Å². The summed E-state index contributed by atoms with van der Waals surface area (Å²) in [4.78, 5) is 3.93. The lowest BCUT2D eigenvalue weighted by molar-refractivity contribution is 0.291. The molecule has 92 valence electrons. The second kappa shape index (κ2) is 5.28. The van der Waals surface area contributed by atoms with Gasteiger partial charge < -0.3 is 0 Å². The molecule has 5 nitrogen and oxygen atoms in total. The van der Waals surface area contributed by atoms with Gasteiger partial charge in [0.2, 0.25) is 0 Å². The smallest absolute Gasteiger partial charge is 0.137 e. The van der Waals surface area contributed by atoms with Gasteiger partial charge in [-0.05, 0) is 31.7 Å². The molecule has 2 rings (SSSR count). The Hall–Kier alpha value is -1.41. The normalized spacial score (nSPS) is 28.1. The van der Waals surface area contributed by atoms with E-state index >= 15 is 0 Å². The minimum absolute atomic E-state index is 0.310. The maximum Gasteiger partial charge on any atom is 0.137 e. The van der Waals surface area contributed by atoms with Crippen LogP contribution in [-0.2, 0) is 6.54 Å². The molecule has 1 fully saturated rings. The third-order valence-corrected chi connectivity index (χ3v) is 3.69. The van der Waals surface area contributed by atoms with E-state index in [0.29, 0.717) is 5.92 Å². The molecule has 1 N–H and O–H groups in total. The molecule has 5 heteroatoms. The first-order valence-corrected chi connectivity index (χ1v) is 6.29. The lowest BCUT2D eigenvalue weighted by atomic mass is 9.86. The second-order valence-electron chi connectivity index (χ2n) is 4.65. The summed E-state index contributed by atoms with van der Waals surface area (Å²) in [5.41, 5.74) is -0.310. The van der Waals surface area contributed by atoms with E-state index in [4.69, 9.17) is 0 Å². The SMILES string of the molecule is CCNC1(C#N)CCCC1CCn1cncn1. The molecule has 1 aliphatic rings. The molecule has 2 unspecified atom stereocenters. The van der Waals surface area contributed by atoms with Gasteiger partial charge in [-0.25, -0.2) is 4.98 Å². The van der Waals surface area contributed by atoms with Crippen LogP contribution in [0.3, 0.4) is 0 Å². The topological polar surface area (TPSA) is 66.5 Å². The van der Waals surface area contributed by atoms with Crippen molar-refractivity contribution in [1.82, 2.24) is 20.1 Å². The molecule has 1 aliphatic carbocycles. The van der Waals surface area contributed by atoms with Crippen molar-refractivity contribution in [1.29, 1.82) is 5.26 Å². The Labute approximate surface area is 102 Å². The van der Waals surface area contributed by atoms with Gasteiger partial charge in [0.15, 0.2) is 0 Å². The largest absolute Gasteiger partial charge is 0.299 e. The van der Waals surface area contributed by atoms with E-state index in [1.165, 1.54) is 0 Å². The van der Waals surface area contributed by atoms with E-state index in [1.807, 2.05) is 4.68 Å². The van der Waals surface area contributed by atoms with E-state index in [9.17, 15) is 5.26 Å². The summed E-state index contributed by atoms with van der Waals surface area (Å²) in [5, 5.41) is 16.9. The Kier molecular flexibility index (Phi) is 3.75. The van der Waals surface area contributed by atoms with Gasteiger partial charge in [0.25, 0.3) is 0 Å². The molecule has 1 heterocycles. The van der Waals surface area contributed by atoms with Crippen LogP contribution in [0.25, 0.3) is 0 Å². The molecule has 0 amide bonds. The van der Waals surface area contributed by atoms with Gasteiger partial charge in [-0.2, -0.15) is 10.4 Å². The third kappa shape index (κ3) is 2.47. The van der Waals surface area contributed by atoms with Gasteiger partial charge in [0, 0.05) is 6.54 Å². The Morgan fingerprint density at radius 3 is 3.18 bits per heavy atom. The molecule has 0 bridgehead atoms. The fourth-order valence-corrected chi connectivity index (χ4v) is 2.84. The Balaban J connectivity index is 1.97. The number of nitrogens with one attached hydrogen (secondary N) is 1. The maximum absolute atomic E-state index is 9.43. The van der Waals surface area contributed by atoms with E-state index in [1.54, 1.807) is 12.7 Å². The Morgan fingerprint density at radius 1 is 1.65 bits per heavy atom. The van der Waals surface area contributed by atoms with Crippen molar-refractivity contribution >= 4 is 0 Å². The summed E-state index contributed by atoms with van der Waals surface area (Å²) in [6.45, 7) is 3.76. The van der Waals surface area contributed by atoms with Crippen molar-refractivity contribution in [2.24, 2.45) is 5.92 Å². The highest BCUT2D eigenvalue weighted by molar-refractivity contribution is 5.13. The van der Waals surface area contributed by atoms with E-state index in [0.717, 1.165) is 38.8 Å². The molecule has 0 aromatic carbocycles. The van der Waals surface area contributed by atoms with Gasteiger partial charge in [-0.15, -0.1) is 0 Å². The van der Waals surface area contributed by atoms with Crippen LogP contribution in [0.15, 0.2) is 12.7 Å². The molecule has 0 saturated heterocycles. The van der Waals surface area contributed by atoms with E-state index in [2.05, 4.69) is 28.4 Å². The monoisotopic (exact) mass is 233 g/mol. The maximum atomic E-state index is 9.43. The van der Waals surface area contributed by atoms with Crippen molar-refractivity contribution in [3.8, 4) is 6.07 Å². The standard InChI is InChI=1S/C12H19N5/c1-2-15-12(8-13)6-3-4-11(12)5-7-17-10-14-9-16-17/h9-11,15H,2-7H2,1H3. The molecule has 1 saturated carbocycles. The number of hydrogen-bond acceptors (Lipinski definition) is 4. The molecule has 2 atom stereocenters. The number of hydrogen-bond donors (Lipinski definition) is 1. The third-order valence-electron chi connectivity index (χ3n) is 3.69. The van der Waals surface area contributed by atoms with Gasteiger partial charge in [-0.1, -0.05) is 13.3 Å². The predicted molar refractivity (Wildman–Crippen MR) is 64.0 cm³/mol. The summed E-state index contributed by atoms with van der Waals surface area (Å²) in [5.74, 6) is 0.427. The van der Waals surface area contributed by atoms with E-state index < -0.39 is 0 Å². The average Bonchev–Trinajstić information content (AvgIpc) is 2.96. The molecule has 0 radical (unpaired) electrons. The van der Waals surface area contributed by atoms with Gasteiger partial charge >= 0.3 is 0 Å². The van der Waals surface area contributed by atoms with Crippen LogP contribution in [0.2, 0.25) is 0 Å². The summed E-state index contributed by atoms with van der Waals surface area (Å²) in [7, 11) is 0. The molecular weight excluding hydrogens is 214 g/mol. The van der Waals surface area contributed by atoms with Crippen LogP contribution in [-0.4, -0.2) is 26.8 Å². The van der Waals surface area contributed by atoms with Crippen molar-refractivity contribution in [3.63, 3.8) is 0 Å². The Bertz CT molecular complexity index is 380. The van der Waals surface area contributed by atoms with Crippen LogP contribution in [0.1, 0.15) is 32.6 Å². The molecule has 0 spiro atoms. The summed E-state index contributed by atoms with van der Waals surface area (Å²) >= 11 is 0. The van der Waals surface area contributed by atoms with Crippen molar-refractivity contribution in [2.75, 3.05) is 6.54 Å². The number of rotatable bonds is 5. The quantitative estimate of drug-likeness (QED) is 0.833. The fraction of sp³-hybridized carbons (Fsp3) is 0.750. The lowest BCUT2D eigenvalue weighted by Crippen LogP contribution is -2.47. The molecule has 1 aromatic rings. The molecular formula is C12H19N5. The first-order valence-electron chi connectivity index (χ1n) is 6.29. The number of nitrogens with zero attached hydrogens (tertiary/aromatic N) is 4. The molecule has 0 aliphatic heterocycles. The van der Waals surface area contributed by atoms with Crippen LogP contribution in [0, 0.1) is 17.2 Å². The molecule has 17 heavy (non-hydrogen) atoms. The zero-order valence-corrected chi connectivity index (χ0v) is 10.3. The summed E-state index contributed by atoms with van der Waals surface area (Å²) in [6.07, 6.45) is 7.52. The zero-order valence-electron chi connectivity index (χ0n) is 10.3. The fourth-order valence-electron chi connectivity index (χ4n) is 2.84. The average molecular weight is 233 g/mol. The number of aromatic nitrogens is 3. The van der Waals surface area contributed by atoms with Crippen molar-refractivity contribution < 1.29 is 0 Å². The first kappa shape index (κ1) is 12.1. The summed E-state index contributed by atoms with van der Waals surface area (Å²) in [6, 6.07) is 2.50. The van der Waals surface area contributed by atoms with Gasteiger partial charge in [-0.3, -0.25) is 10.00 Å². The van der Waals surface area contributed by atoms with Crippen LogP contribution in [0.5, 0.6) is 0 Å². The zero-order chi connectivity index (χ0) is 12.1. The van der Waals surface area contributed by atoms with Crippen LogP contribution in [0.4, 0.5) is 0 Å². The van der Waals surface area contributed by atoms with Crippen molar-refractivity contribution in [2.45, 2.75) is 44.7 Å².